The Balaban J connectivity index is 1.84. The van der Waals surface area contributed by atoms with Crippen LogP contribution in [0.15, 0.2) is 54.6 Å². The highest BCUT2D eigenvalue weighted by Gasteiger charge is 2.21. The van der Waals surface area contributed by atoms with E-state index < -0.39 is 17.9 Å². The highest BCUT2D eigenvalue weighted by molar-refractivity contribution is 6.00. The van der Waals surface area contributed by atoms with Gasteiger partial charge in [0.05, 0.1) is 6.61 Å². The van der Waals surface area contributed by atoms with E-state index in [0.717, 1.165) is 16.7 Å². The van der Waals surface area contributed by atoms with Crippen LogP contribution in [0.5, 0.6) is 5.75 Å². The number of benzene rings is 2. The number of nitrogens with one attached hydrogen (secondary N) is 2. The van der Waals surface area contributed by atoms with Gasteiger partial charge in [-0.15, -0.1) is 0 Å². The summed E-state index contributed by atoms with van der Waals surface area (Å²) in [6, 6.07) is 15.3. The van der Waals surface area contributed by atoms with Gasteiger partial charge in [0.1, 0.15) is 17.5 Å². The number of primary amides is 1. The second kappa shape index (κ2) is 7.09. The highest BCUT2D eigenvalue weighted by atomic mass is 16.5. The van der Waals surface area contributed by atoms with Crippen LogP contribution in [0.4, 0.5) is 0 Å². The summed E-state index contributed by atoms with van der Waals surface area (Å²) in [6.07, 6.45) is 0. The minimum absolute atomic E-state index is 0.353. The fourth-order valence-corrected chi connectivity index (χ4v) is 2.66. The topological polar surface area (TPSA) is 97.2 Å². The molecule has 0 fully saturated rings. The molecule has 3 rings (SSSR count). The number of ether oxygens (including phenoxy) is 1. The molecule has 1 heterocycles. The van der Waals surface area contributed by atoms with Crippen LogP contribution in [0.3, 0.4) is 0 Å². The fraction of sp³-hybridized carbons (Fsp3) is 0.158. The fourth-order valence-electron chi connectivity index (χ4n) is 2.66. The number of hydrogen-bond donors (Lipinski definition) is 3. The van der Waals surface area contributed by atoms with E-state index in [1.807, 2.05) is 31.2 Å². The van der Waals surface area contributed by atoms with Crippen LogP contribution in [-0.2, 0) is 4.79 Å². The smallest absolute Gasteiger partial charge is 0.268 e. The number of rotatable bonds is 6. The maximum Gasteiger partial charge on any atom is 0.268 e. The summed E-state index contributed by atoms with van der Waals surface area (Å²) in [4.78, 5) is 27.3. The number of aromatic amines is 1. The summed E-state index contributed by atoms with van der Waals surface area (Å²) in [6.45, 7) is 2.47. The lowest BCUT2D eigenvalue weighted by atomic mass is 10.1. The first-order valence-electron chi connectivity index (χ1n) is 7.99. The molecule has 0 aliphatic carbocycles. The van der Waals surface area contributed by atoms with Gasteiger partial charge >= 0.3 is 0 Å². The third kappa shape index (κ3) is 3.63. The minimum Gasteiger partial charge on any atom is -0.494 e. The number of amides is 2. The first-order chi connectivity index (χ1) is 12.1. The van der Waals surface area contributed by atoms with Gasteiger partial charge in [-0.3, -0.25) is 9.59 Å². The molecule has 1 atom stereocenters. The summed E-state index contributed by atoms with van der Waals surface area (Å²) < 4.78 is 5.46. The number of carbonyl (C=O) groups excluding carboxylic acids is 2. The Bertz CT molecular complexity index is 903. The van der Waals surface area contributed by atoms with Gasteiger partial charge in [0.25, 0.3) is 5.91 Å². The SMILES string of the molecule is CCOc1ccc2cc(C(=O)N[C@@H](C(N)=O)c3ccccc3)[nH]c2c1. The zero-order valence-corrected chi connectivity index (χ0v) is 13.8. The Morgan fingerprint density at radius 2 is 1.92 bits per heavy atom. The van der Waals surface area contributed by atoms with Crippen LogP contribution in [0.1, 0.15) is 29.0 Å². The van der Waals surface area contributed by atoms with Crippen molar-refractivity contribution in [1.29, 1.82) is 0 Å². The predicted molar refractivity (Wildman–Crippen MR) is 95.3 cm³/mol. The normalized spacial score (nSPS) is 11.9. The summed E-state index contributed by atoms with van der Waals surface area (Å²) in [5.74, 6) is -0.292. The molecule has 0 saturated heterocycles. The molecule has 0 aliphatic rings. The molecule has 128 valence electrons. The quantitative estimate of drug-likeness (QED) is 0.645. The van der Waals surface area contributed by atoms with Crippen LogP contribution in [0.25, 0.3) is 10.9 Å². The molecule has 0 saturated carbocycles. The maximum atomic E-state index is 12.5. The Labute approximate surface area is 145 Å². The molecular weight excluding hydrogens is 318 g/mol. The van der Waals surface area contributed by atoms with E-state index in [2.05, 4.69) is 10.3 Å². The molecule has 25 heavy (non-hydrogen) atoms. The van der Waals surface area contributed by atoms with Crippen molar-refractivity contribution in [3.63, 3.8) is 0 Å². The van der Waals surface area contributed by atoms with E-state index in [-0.39, 0.29) is 0 Å². The molecule has 6 heteroatoms. The molecule has 0 aliphatic heterocycles. The molecule has 2 aromatic carbocycles. The molecule has 4 N–H and O–H groups in total. The first kappa shape index (κ1) is 16.6. The average Bonchev–Trinajstić information content (AvgIpc) is 3.03. The molecule has 0 bridgehead atoms. The van der Waals surface area contributed by atoms with Gasteiger partial charge in [0.15, 0.2) is 0 Å². The van der Waals surface area contributed by atoms with Crippen molar-refractivity contribution in [2.45, 2.75) is 13.0 Å². The number of carbonyl (C=O) groups is 2. The third-order valence-electron chi connectivity index (χ3n) is 3.84. The molecule has 1 aromatic heterocycles. The van der Waals surface area contributed by atoms with E-state index in [0.29, 0.717) is 17.9 Å². The third-order valence-corrected chi connectivity index (χ3v) is 3.84. The highest BCUT2D eigenvalue weighted by Crippen LogP contribution is 2.22. The standard InChI is InChI=1S/C19H19N3O3/c1-2-25-14-9-8-13-10-16(21-15(13)11-14)19(24)22-17(18(20)23)12-6-4-3-5-7-12/h3-11,17,21H,2H2,1H3,(H2,20,23)(H,22,24)/t17-/m1/s1. The Morgan fingerprint density at radius 1 is 1.16 bits per heavy atom. The van der Waals surface area contributed by atoms with Crippen LogP contribution in [0.2, 0.25) is 0 Å². The summed E-state index contributed by atoms with van der Waals surface area (Å²) in [5, 5.41) is 3.55. The molecule has 0 radical (unpaired) electrons. The van der Waals surface area contributed by atoms with Crippen LogP contribution < -0.4 is 15.8 Å². The molecule has 2 amide bonds. The summed E-state index contributed by atoms with van der Waals surface area (Å²) in [5.41, 5.74) is 7.22. The van der Waals surface area contributed by atoms with Crippen molar-refractivity contribution in [2.24, 2.45) is 5.73 Å². The van der Waals surface area contributed by atoms with Gasteiger partial charge in [0.2, 0.25) is 5.91 Å². The molecule has 0 unspecified atom stereocenters. The number of fused-ring (bicyclic) bond motifs is 1. The Kier molecular flexibility index (Phi) is 4.70. The van der Waals surface area contributed by atoms with Gasteiger partial charge in [-0.05, 0) is 30.7 Å². The first-order valence-corrected chi connectivity index (χ1v) is 7.99. The second-order valence-corrected chi connectivity index (χ2v) is 5.58. The number of aromatic nitrogens is 1. The van der Waals surface area contributed by atoms with Gasteiger partial charge < -0.3 is 20.8 Å². The van der Waals surface area contributed by atoms with E-state index in [9.17, 15) is 9.59 Å². The lowest BCUT2D eigenvalue weighted by Crippen LogP contribution is -2.37. The van der Waals surface area contributed by atoms with Gasteiger partial charge in [-0.2, -0.15) is 0 Å². The van der Waals surface area contributed by atoms with Crippen molar-refractivity contribution >= 4 is 22.7 Å². The molecule has 6 nitrogen and oxygen atoms in total. The monoisotopic (exact) mass is 337 g/mol. The van der Waals surface area contributed by atoms with Crippen molar-refractivity contribution in [1.82, 2.24) is 10.3 Å². The molecular formula is C19H19N3O3. The van der Waals surface area contributed by atoms with Gasteiger partial charge in [0, 0.05) is 17.0 Å². The maximum absolute atomic E-state index is 12.5. The van der Waals surface area contributed by atoms with Crippen molar-refractivity contribution in [3.8, 4) is 5.75 Å². The Hall–Kier alpha value is -3.28. The van der Waals surface area contributed by atoms with Crippen molar-refractivity contribution in [2.75, 3.05) is 6.61 Å². The lowest BCUT2D eigenvalue weighted by molar-refractivity contribution is -0.120. The van der Waals surface area contributed by atoms with E-state index in [1.165, 1.54) is 0 Å². The summed E-state index contributed by atoms with van der Waals surface area (Å²) in [7, 11) is 0. The van der Waals surface area contributed by atoms with Crippen LogP contribution in [0, 0.1) is 0 Å². The Morgan fingerprint density at radius 3 is 2.60 bits per heavy atom. The van der Waals surface area contributed by atoms with Crippen molar-refractivity contribution in [3.05, 3.63) is 65.9 Å². The largest absolute Gasteiger partial charge is 0.494 e. The number of hydrogen-bond acceptors (Lipinski definition) is 3. The van der Waals surface area contributed by atoms with Crippen LogP contribution in [-0.4, -0.2) is 23.4 Å². The van der Waals surface area contributed by atoms with E-state index in [4.69, 9.17) is 10.5 Å². The van der Waals surface area contributed by atoms with E-state index in [1.54, 1.807) is 30.3 Å². The number of H-pyrrole nitrogens is 1. The zero-order valence-electron chi connectivity index (χ0n) is 13.8. The average molecular weight is 337 g/mol. The minimum atomic E-state index is -0.890. The molecule has 3 aromatic rings. The van der Waals surface area contributed by atoms with Crippen molar-refractivity contribution < 1.29 is 14.3 Å². The predicted octanol–water partition coefficient (Wildman–Crippen LogP) is 2.52. The van der Waals surface area contributed by atoms with Gasteiger partial charge in [-0.1, -0.05) is 30.3 Å². The zero-order chi connectivity index (χ0) is 17.8. The molecule has 0 spiro atoms. The lowest BCUT2D eigenvalue weighted by Gasteiger charge is -2.15. The second-order valence-electron chi connectivity index (χ2n) is 5.58. The summed E-state index contributed by atoms with van der Waals surface area (Å²) >= 11 is 0. The van der Waals surface area contributed by atoms with E-state index >= 15 is 0 Å². The van der Waals surface area contributed by atoms with Gasteiger partial charge in [-0.25, -0.2) is 0 Å². The number of nitrogens with two attached hydrogens (primary N) is 1. The van der Waals surface area contributed by atoms with Crippen LogP contribution >= 0.6 is 0 Å².